The molecule has 0 atom stereocenters. The van der Waals surface area contributed by atoms with E-state index < -0.39 is 23.8 Å². The van der Waals surface area contributed by atoms with Gasteiger partial charge in [-0.1, -0.05) is 36.4 Å². The van der Waals surface area contributed by atoms with Crippen molar-refractivity contribution in [2.45, 2.75) is 6.92 Å². The number of carbonyl (C=O) groups is 4. The van der Waals surface area contributed by atoms with Crippen LogP contribution in [0.25, 0.3) is 6.08 Å². The largest absolute Gasteiger partial charge is 0.328 e. The van der Waals surface area contributed by atoms with E-state index in [2.05, 4.69) is 5.32 Å². The first-order valence-corrected chi connectivity index (χ1v) is 8.24. The van der Waals surface area contributed by atoms with E-state index in [1.165, 1.54) is 4.90 Å². The summed E-state index contributed by atoms with van der Waals surface area (Å²) in [5, 5.41) is 6.41. The maximum atomic E-state index is 12.2. The van der Waals surface area contributed by atoms with Gasteiger partial charge in [-0.3, -0.25) is 35.2 Å². The number of nitrogens with one attached hydrogen (secondary N) is 3. The van der Waals surface area contributed by atoms with Crippen LogP contribution in [0.1, 0.15) is 12.5 Å². The molecule has 2 aliphatic heterocycles. The molecule has 0 aromatic heterocycles. The number of rotatable bonds is 3. The summed E-state index contributed by atoms with van der Waals surface area (Å²) in [4.78, 5) is 48.4. The number of amides is 5. The first kappa shape index (κ1) is 18.2. The minimum absolute atomic E-state index is 0.0174. The topological polar surface area (TPSA) is 108 Å². The molecule has 2 aliphatic rings. The molecular weight excluding hydrogens is 368 g/mol. The van der Waals surface area contributed by atoms with Crippen molar-refractivity contribution in [2.75, 3.05) is 0 Å². The molecule has 136 valence electrons. The first-order valence-electron chi connectivity index (χ1n) is 7.83. The molecule has 9 heteroatoms. The monoisotopic (exact) mass is 382 g/mol. The third-order valence-corrected chi connectivity index (χ3v) is 3.99. The zero-order chi connectivity index (χ0) is 19.6. The highest BCUT2D eigenvalue weighted by Crippen LogP contribution is 2.19. The van der Waals surface area contributed by atoms with E-state index in [4.69, 9.17) is 12.2 Å². The number of imide groups is 2. The number of hydrogen-bond donors (Lipinski definition) is 3. The third-order valence-electron chi connectivity index (χ3n) is 3.69. The predicted octanol–water partition coefficient (Wildman–Crippen LogP) is 0.940. The molecule has 5 amide bonds. The van der Waals surface area contributed by atoms with E-state index in [1.54, 1.807) is 13.0 Å². The standard InChI is InChI=1S/C18H14N4O4S/c1-10(7-11-5-3-2-4-6-11)8-13-16(25)21-18(27)22(13)9-12-14(23)19-17(26)20-15(12)24/h2-9H,1H3,(H,21,25,27)(H2,19,20,23,24,26)/b10-7?,13-8+. The Bertz CT molecular complexity index is 941. The molecule has 0 unspecified atom stereocenters. The van der Waals surface area contributed by atoms with Gasteiger partial charge in [-0.2, -0.15) is 0 Å². The molecular formula is C18H14N4O4S. The minimum atomic E-state index is -0.905. The number of allylic oxidation sites excluding steroid dienone is 2. The van der Waals surface area contributed by atoms with E-state index in [0.717, 1.165) is 17.3 Å². The Balaban J connectivity index is 1.95. The summed E-state index contributed by atoms with van der Waals surface area (Å²) >= 11 is 5.10. The van der Waals surface area contributed by atoms with Crippen molar-refractivity contribution in [3.05, 3.63) is 65.0 Å². The molecule has 1 aromatic rings. The summed E-state index contributed by atoms with van der Waals surface area (Å²) < 4.78 is 0. The summed E-state index contributed by atoms with van der Waals surface area (Å²) in [6.07, 6.45) is 4.58. The highest BCUT2D eigenvalue weighted by Gasteiger charge is 2.33. The van der Waals surface area contributed by atoms with E-state index in [1.807, 2.05) is 47.0 Å². The normalized spacial score (nSPS) is 19.2. The molecule has 0 bridgehead atoms. The summed E-state index contributed by atoms with van der Waals surface area (Å²) in [5.74, 6) is -2.21. The van der Waals surface area contributed by atoms with Gasteiger partial charge in [0, 0.05) is 6.20 Å². The fourth-order valence-corrected chi connectivity index (χ4v) is 2.74. The van der Waals surface area contributed by atoms with Crippen LogP contribution in [0.5, 0.6) is 0 Å². The second-order valence-electron chi connectivity index (χ2n) is 5.74. The van der Waals surface area contributed by atoms with Crippen molar-refractivity contribution >= 4 is 47.2 Å². The van der Waals surface area contributed by atoms with Crippen molar-refractivity contribution < 1.29 is 19.2 Å². The van der Waals surface area contributed by atoms with Crippen LogP contribution >= 0.6 is 12.2 Å². The molecule has 2 heterocycles. The van der Waals surface area contributed by atoms with Crippen LogP contribution in [0, 0.1) is 0 Å². The van der Waals surface area contributed by atoms with Crippen molar-refractivity contribution in [1.29, 1.82) is 0 Å². The Kier molecular flexibility index (Phi) is 4.95. The second-order valence-corrected chi connectivity index (χ2v) is 6.12. The lowest BCUT2D eigenvalue weighted by Crippen LogP contribution is -2.51. The molecule has 2 fully saturated rings. The minimum Gasteiger partial charge on any atom is -0.297 e. The number of carbonyl (C=O) groups excluding carboxylic acids is 4. The van der Waals surface area contributed by atoms with Crippen molar-refractivity contribution in [3.63, 3.8) is 0 Å². The van der Waals surface area contributed by atoms with Crippen LogP contribution in [0.2, 0.25) is 0 Å². The Morgan fingerprint density at radius 3 is 2.22 bits per heavy atom. The quantitative estimate of drug-likeness (QED) is 0.408. The maximum absolute atomic E-state index is 12.2. The number of thiocarbonyl (C=S) groups is 1. The van der Waals surface area contributed by atoms with Crippen molar-refractivity contribution in [3.8, 4) is 0 Å². The molecule has 0 spiro atoms. The van der Waals surface area contributed by atoms with Crippen LogP contribution in [0.15, 0.2) is 59.5 Å². The molecule has 3 N–H and O–H groups in total. The molecule has 27 heavy (non-hydrogen) atoms. The average Bonchev–Trinajstić information content (AvgIpc) is 2.85. The van der Waals surface area contributed by atoms with E-state index >= 15 is 0 Å². The van der Waals surface area contributed by atoms with Gasteiger partial charge in [0.15, 0.2) is 5.11 Å². The Morgan fingerprint density at radius 1 is 0.963 bits per heavy atom. The number of nitrogens with zero attached hydrogens (tertiary/aromatic N) is 1. The summed E-state index contributed by atoms with van der Waals surface area (Å²) in [5.41, 5.74) is 1.51. The maximum Gasteiger partial charge on any atom is 0.328 e. The molecule has 0 saturated carbocycles. The lowest BCUT2D eigenvalue weighted by Gasteiger charge is -2.18. The van der Waals surface area contributed by atoms with Gasteiger partial charge >= 0.3 is 6.03 Å². The van der Waals surface area contributed by atoms with Gasteiger partial charge in [0.1, 0.15) is 11.3 Å². The third kappa shape index (κ3) is 3.98. The Labute approximate surface area is 159 Å². The van der Waals surface area contributed by atoms with Crippen LogP contribution in [-0.2, 0) is 14.4 Å². The van der Waals surface area contributed by atoms with Crippen molar-refractivity contribution in [1.82, 2.24) is 20.9 Å². The molecule has 1 aromatic carbocycles. The van der Waals surface area contributed by atoms with Gasteiger partial charge in [-0.15, -0.1) is 0 Å². The summed E-state index contributed by atoms with van der Waals surface area (Å²) in [6.45, 7) is 1.80. The average molecular weight is 382 g/mol. The molecule has 2 saturated heterocycles. The van der Waals surface area contributed by atoms with Gasteiger partial charge < -0.3 is 0 Å². The van der Waals surface area contributed by atoms with Gasteiger partial charge in [0.2, 0.25) is 0 Å². The highest BCUT2D eigenvalue weighted by atomic mass is 32.1. The van der Waals surface area contributed by atoms with Gasteiger partial charge in [0.05, 0.1) is 0 Å². The van der Waals surface area contributed by atoms with Gasteiger partial charge in [0.25, 0.3) is 17.7 Å². The number of benzene rings is 1. The first-order chi connectivity index (χ1) is 12.8. The SMILES string of the molecule is CC(=Cc1ccccc1)/C=C1\C(=O)NC(=S)N1C=C1C(=O)NC(=O)NC1=O. The smallest absolute Gasteiger partial charge is 0.297 e. The number of hydrogen-bond acceptors (Lipinski definition) is 5. The zero-order valence-electron chi connectivity index (χ0n) is 14.1. The van der Waals surface area contributed by atoms with Crippen LogP contribution < -0.4 is 16.0 Å². The zero-order valence-corrected chi connectivity index (χ0v) is 14.9. The molecule has 8 nitrogen and oxygen atoms in total. The Morgan fingerprint density at radius 2 is 1.59 bits per heavy atom. The van der Waals surface area contributed by atoms with Gasteiger partial charge in [-0.05, 0) is 36.4 Å². The molecule has 0 radical (unpaired) electrons. The van der Waals surface area contributed by atoms with Crippen molar-refractivity contribution in [2.24, 2.45) is 0 Å². The van der Waals surface area contributed by atoms with E-state index in [9.17, 15) is 19.2 Å². The lowest BCUT2D eigenvalue weighted by molar-refractivity contribution is -0.124. The number of barbiturate groups is 1. The molecule has 3 rings (SSSR count). The van der Waals surface area contributed by atoms with E-state index in [-0.39, 0.29) is 16.4 Å². The number of urea groups is 1. The van der Waals surface area contributed by atoms with Crippen LogP contribution in [0.3, 0.4) is 0 Å². The predicted molar refractivity (Wildman–Crippen MR) is 101 cm³/mol. The lowest BCUT2D eigenvalue weighted by atomic mass is 10.1. The fourth-order valence-electron chi connectivity index (χ4n) is 2.49. The Hall–Kier alpha value is -3.59. The van der Waals surface area contributed by atoms with E-state index in [0.29, 0.717) is 0 Å². The van der Waals surface area contributed by atoms with Crippen LogP contribution in [-0.4, -0.2) is 33.8 Å². The summed E-state index contributed by atoms with van der Waals surface area (Å²) in [7, 11) is 0. The van der Waals surface area contributed by atoms with Gasteiger partial charge in [-0.25, -0.2) is 4.79 Å². The molecule has 0 aliphatic carbocycles. The van der Waals surface area contributed by atoms with Crippen LogP contribution in [0.4, 0.5) is 4.79 Å². The fraction of sp³-hybridized carbons (Fsp3) is 0.0556. The summed E-state index contributed by atoms with van der Waals surface area (Å²) in [6, 6.07) is 8.60. The highest BCUT2D eigenvalue weighted by molar-refractivity contribution is 7.80. The second kappa shape index (κ2) is 7.34.